The van der Waals surface area contributed by atoms with Crippen LogP contribution in [-0.4, -0.2) is 27.5 Å². The summed E-state index contributed by atoms with van der Waals surface area (Å²) in [5.74, 6) is -0.254. The van der Waals surface area contributed by atoms with Gasteiger partial charge in [0.15, 0.2) is 8.32 Å². The van der Waals surface area contributed by atoms with Crippen molar-refractivity contribution in [1.29, 1.82) is 0 Å². The topological polar surface area (TPSA) is 35.5 Å². The van der Waals surface area contributed by atoms with Gasteiger partial charge in [-0.05, 0) is 25.2 Å². The molecule has 78 valence electrons. The number of hydrogen-bond donors (Lipinski definition) is 0. The zero-order chi connectivity index (χ0) is 10.6. The van der Waals surface area contributed by atoms with Gasteiger partial charge in [-0.15, -0.1) is 0 Å². The van der Waals surface area contributed by atoms with Crippen LogP contribution in [0.5, 0.6) is 0 Å². The lowest BCUT2D eigenvalue weighted by Crippen LogP contribution is -2.25. The van der Waals surface area contributed by atoms with Crippen molar-refractivity contribution in [3.05, 3.63) is 23.8 Å². The zero-order valence-corrected chi connectivity index (χ0v) is 9.87. The van der Waals surface area contributed by atoms with E-state index in [1.54, 1.807) is 0 Å². The highest BCUT2D eigenvalue weighted by molar-refractivity contribution is 6.69. The maximum absolute atomic E-state index is 10.7. The number of carbonyl (C=O) groups is 1. The molecular weight excluding hydrogens is 196 g/mol. The fraction of sp³-hybridized carbons (Fsp3) is 0.500. The van der Waals surface area contributed by atoms with Crippen molar-refractivity contribution < 1.29 is 14.0 Å². The Balaban J connectivity index is 2.28. The molecule has 0 radical (unpaired) electrons. The molecule has 1 aliphatic heterocycles. The Morgan fingerprint density at radius 1 is 1.57 bits per heavy atom. The minimum absolute atomic E-state index is 0.254. The third-order valence-corrected chi connectivity index (χ3v) is 2.66. The Bertz CT molecular complexity index is 274. The van der Waals surface area contributed by atoms with E-state index in [4.69, 9.17) is 9.16 Å². The van der Waals surface area contributed by atoms with Gasteiger partial charge in [0.05, 0.1) is 6.61 Å². The first-order valence-electron chi connectivity index (χ1n) is 4.65. The molecular formula is C10H16O3Si. The van der Waals surface area contributed by atoms with Gasteiger partial charge in [0.25, 0.3) is 0 Å². The first-order valence-corrected chi connectivity index (χ1v) is 8.06. The average Bonchev–Trinajstić information content (AvgIpc) is 2.44. The van der Waals surface area contributed by atoms with Gasteiger partial charge in [-0.2, -0.15) is 0 Å². The van der Waals surface area contributed by atoms with E-state index in [0.717, 1.165) is 5.57 Å². The maximum atomic E-state index is 10.7. The van der Waals surface area contributed by atoms with Crippen LogP contribution >= 0.6 is 0 Å². The van der Waals surface area contributed by atoms with Crippen LogP contribution in [0.2, 0.25) is 19.6 Å². The molecule has 0 amide bonds. The second kappa shape index (κ2) is 4.57. The Kier molecular flexibility index (Phi) is 3.66. The first-order chi connectivity index (χ1) is 6.47. The van der Waals surface area contributed by atoms with Crippen molar-refractivity contribution in [1.82, 2.24) is 0 Å². The largest absolute Gasteiger partial charge is 0.458 e. The molecule has 0 aromatic rings. The van der Waals surface area contributed by atoms with E-state index < -0.39 is 8.32 Å². The Morgan fingerprint density at radius 2 is 2.29 bits per heavy atom. The van der Waals surface area contributed by atoms with Gasteiger partial charge in [0.1, 0.15) is 6.61 Å². The second-order valence-corrected chi connectivity index (χ2v) is 8.67. The molecule has 0 aliphatic carbocycles. The van der Waals surface area contributed by atoms with Gasteiger partial charge in [-0.25, -0.2) is 4.79 Å². The molecule has 0 bridgehead atoms. The molecule has 0 fully saturated rings. The number of esters is 1. The monoisotopic (exact) mass is 212 g/mol. The normalized spacial score (nSPS) is 17.4. The number of rotatable bonds is 4. The van der Waals surface area contributed by atoms with E-state index in [1.165, 1.54) is 6.08 Å². The minimum Gasteiger partial charge on any atom is -0.458 e. The molecule has 0 aromatic carbocycles. The molecule has 0 saturated heterocycles. The highest BCUT2D eigenvalue weighted by Gasteiger charge is 2.13. The van der Waals surface area contributed by atoms with Gasteiger partial charge < -0.3 is 9.16 Å². The molecule has 0 atom stereocenters. The van der Waals surface area contributed by atoms with Crippen LogP contribution in [0.1, 0.15) is 0 Å². The Hall–Kier alpha value is -0.873. The van der Waals surface area contributed by atoms with Crippen molar-refractivity contribution in [3.8, 4) is 0 Å². The van der Waals surface area contributed by atoms with E-state index in [0.29, 0.717) is 13.2 Å². The van der Waals surface area contributed by atoms with E-state index >= 15 is 0 Å². The molecule has 0 unspecified atom stereocenters. The summed E-state index contributed by atoms with van der Waals surface area (Å²) in [6.07, 6.45) is 5.31. The summed E-state index contributed by atoms with van der Waals surface area (Å²) in [7, 11) is -1.42. The average molecular weight is 212 g/mol. The smallest absolute Gasteiger partial charge is 0.331 e. The lowest BCUT2D eigenvalue weighted by molar-refractivity contribution is -0.134. The minimum atomic E-state index is -1.42. The van der Waals surface area contributed by atoms with Gasteiger partial charge >= 0.3 is 5.97 Å². The highest BCUT2D eigenvalue weighted by atomic mass is 28.4. The molecule has 0 spiro atoms. The SMILES string of the molecule is C[Si](C)(C)OC/C=C/C1=CC(=O)OC1. The number of cyclic esters (lactones) is 1. The summed E-state index contributed by atoms with van der Waals surface area (Å²) in [5, 5.41) is 0. The number of hydrogen-bond acceptors (Lipinski definition) is 3. The van der Waals surface area contributed by atoms with E-state index in [2.05, 4.69) is 19.6 Å². The lowest BCUT2D eigenvalue weighted by Gasteiger charge is -2.14. The molecule has 1 aliphatic rings. The van der Waals surface area contributed by atoms with Crippen LogP contribution in [-0.2, 0) is 14.0 Å². The van der Waals surface area contributed by atoms with Gasteiger partial charge in [0, 0.05) is 6.08 Å². The van der Waals surface area contributed by atoms with Crippen LogP contribution in [0.3, 0.4) is 0 Å². The quantitative estimate of drug-likeness (QED) is 0.527. The second-order valence-electron chi connectivity index (χ2n) is 4.15. The summed E-state index contributed by atoms with van der Waals surface area (Å²) in [6.45, 7) is 7.43. The van der Waals surface area contributed by atoms with Crippen LogP contribution in [0.4, 0.5) is 0 Å². The Morgan fingerprint density at radius 3 is 2.79 bits per heavy atom. The fourth-order valence-electron chi connectivity index (χ4n) is 0.983. The number of carbonyl (C=O) groups excluding carboxylic acids is 1. The van der Waals surface area contributed by atoms with Gasteiger partial charge in [-0.3, -0.25) is 0 Å². The maximum Gasteiger partial charge on any atom is 0.331 e. The number of ether oxygens (including phenoxy) is 1. The third-order valence-electron chi connectivity index (χ3n) is 1.63. The summed E-state index contributed by atoms with van der Waals surface area (Å²) in [5.41, 5.74) is 0.911. The van der Waals surface area contributed by atoms with Crippen molar-refractivity contribution in [2.24, 2.45) is 0 Å². The molecule has 0 N–H and O–H groups in total. The van der Waals surface area contributed by atoms with Crippen molar-refractivity contribution >= 4 is 14.3 Å². The molecule has 1 heterocycles. The predicted molar refractivity (Wildman–Crippen MR) is 57.5 cm³/mol. The highest BCUT2D eigenvalue weighted by Crippen LogP contribution is 2.07. The Labute approximate surface area is 85.5 Å². The summed E-state index contributed by atoms with van der Waals surface area (Å²) >= 11 is 0. The fourth-order valence-corrected chi connectivity index (χ4v) is 1.58. The van der Waals surface area contributed by atoms with Crippen LogP contribution in [0.15, 0.2) is 23.8 Å². The lowest BCUT2D eigenvalue weighted by atomic mass is 10.2. The summed E-state index contributed by atoms with van der Waals surface area (Å²) < 4.78 is 10.4. The molecule has 0 saturated carbocycles. The molecule has 14 heavy (non-hydrogen) atoms. The first kappa shape index (κ1) is 11.2. The van der Waals surface area contributed by atoms with Crippen LogP contribution in [0.25, 0.3) is 0 Å². The van der Waals surface area contributed by atoms with E-state index in [9.17, 15) is 4.79 Å². The summed E-state index contributed by atoms with van der Waals surface area (Å²) in [6, 6.07) is 0. The molecule has 1 rings (SSSR count). The van der Waals surface area contributed by atoms with Gasteiger partial charge in [0.2, 0.25) is 0 Å². The molecule has 3 nitrogen and oxygen atoms in total. The third kappa shape index (κ3) is 4.39. The molecule has 4 heteroatoms. The van der Waals surface area contributed by atoms with E-state index in [1.807, 2.05) is 12.2 Å². The van der Waals surface area contributed by atoms with Crippen molar-refractivity contribution in [2.75, 3.05) is 13.2 Å². The molecule has 0 aromatic heterocycles. The standard InChI is InChI=1S/C10H16O3Si/c1-14(2,3)13-6-4-5-9-7-10(11)12-8-9/h4-5,7H,6,8H2,1-3H3/b5-4+. The van der Waals surface area contributed by atoms with E-state index in [-0.39, 0.29) is 5.97 Å². The van der Waals surface area contributed by atoms with Crippen molar-refractivity contribution in [3.63, 3.8) is 0 Å². The predicted octanol–water partition coefficient (Wildman–Crippen LogP) is 1.88. The summed E-state index contributed by atoms with van der Waals surface area (Å²) in [4.78, 5) is 10.7. The van der Waals surface area contributed by atoms with Gasteiger partial charge in [-0.1, -0.05) is 12.2 Å². The van der Waals surface area contributed by atoms with Crippen molar-refractivity contribution in [2.45, 2.75) is 19.6 Å². The zero-order valence-electron chi connectivity index (χ0n) is 8.87. The van der Waals surface area contributed by atoms with Crippen LogP contribution in [0, 0.1) is 0 Å². The van der Waals surface area contributed by atoms with Crippen LogP contribution < -0.4 is 0 Å².